The standard InChI is InChI=1S/C16H17NO4S/c1-17(2)16(18)21-15-11-13-7-5-4-6-12(13)10-14(15)8-9-22(3,19)20/h4-11H,1-3H3/b9-8+. The van der Waals surface area contributed by atoms with Crippen molar-refractivity contribution < 1.29 is 17.9 Å². The van der Waals surface area contributed by atoms with Crippen molar-refractivity contribution in [2.45, 2.75) is 0 Å². The summed E-state index contributed by atoms with van der Waals surface area (Å²) >= 11 is 0. The van der Waals surface area contributed by atoms with Crippen molar-refractivity contribution >= 4 is 32.8 Å². The predicted molar refractivity (Wildman–Crippen MR) is 87.5 cm³/mol. The summed E-state index contributed by atoms with van der Waals surface area (Å²) in [4.78, 5) is 13.1. The Morgan fingerprint density at radius 1 is 1.14 bits per heavy atom. The Morgan fingerprint density at radius 2 is 1.73 bits per heavy atom. The van der Waals surface area contributed by atoms with Gasteiger partial charge >= 0.3 is 6.09 Å². The van der Waals surface area contributed by atoms with Crippen LogP contribution in [0, 0.1) is 0 Å². The lowest BCUT2D eigenvalue weighted by Crippen LogP contribution is -2.25. The number of sulfone groups is 1. The number of benzene rings is 2. The van der Waals surface area contributed by atoms with Gasteiger partial charge in [-0.3, -0.25) is 0 Å². The normalized spacial score (nSPS) is 11.8. The molecule has 0 N–H and O–H groups in total. The third kappa shape index (κ3) is 4.08. The monoisotopic (exact) mass is 319 g/mol. The number of nitrogens with zero attached hydrogens (tertiary/aromatic N) is 1. The Labute approximate surface area is 129 Å². The molecular formula is C16H17NO4S. The maximum Gasteiger partial charge on any atom is 0.414 e. The van der Waals surface area contributed by atoms with Crippen LogP contribution in [0.5, 0.6) is 5.75 Å². The Kier molecular flexibility index (Phi) is 4.51. The second-order valence-corrected chi connectivity index (χ2v) is 7.06. The fourth-order valence-electron chi connectivity index (χ4n) is 1.84. The van der Waals surface area contributed by atoms with Crippen LogP contribution in [-0.4, -0.2) is 39.8 Å². The summed E-state index contributed by atoms with van der Waals surface area (Å²) in [6.45, 7) is 0. The quantitative estimate of drug-likeness (QED) is 0.872. The van der Waals surface area contributed by atoms with Crippen LogP contribution in [-0.2, 0) is 9.84 Å². The van der Waals surface area contributed by atoms with Crippen molar-refractivity contribution in [3.63, 3.8) is 0 Å². The molecule has 22 heavy (non-hydrogen) atoms. The van der Waals surface area contributed by atoms with E-state index < -0.39 is 15.9 Å². The molecule has 0 aliphatic carbocycles. The van der Waals surface area contributed by atoms with Gasteiger partial charge in [-0.05, 0) is 29.0 Å². The third-order valence-electron chi connectivity index (χ3n) is 2.94. The van der Waals surface area contributed by atoms with Gasteiger partial charge in [0.2, 0.25) is 0 Å². The molecule has 0 aromatic heterocycles. The Hall–Kier alpha value is -2.34. The van der Waals surface area contributed by atoms with Gasteiger partial charge in [0, 0.05) is 31.3 Å². The molecule has 1 amide bonds. The van der Waals surface area contributed by atoms with Crippen LogP contribution >= 0.6 is 0 Å². The summed E-state index contributed by atoms with van der Waals surface area (Å²) in [6.07, 6.45) is 2.01. The molecule has 2 aromatic rings. The van der Waals surface area contributed by atoms with Crippen LogP contribution in [0.1, 0.15) is 5.56 Å². The number of carbonyl (C=O) groups excluding carboxylic acids is 1. The number of carbonyl (C=O) groups is 1. The van der Waals surface area contributed by atoms with Gasteiger partial charge in [-0.25, -0.2) is 13.2 Å². The zero-order valence-electron chi connectivity index (χ0n) is 12.6. The Morgan fingerprint density at radius 3 is 2.27 bits per heavy atom. The second-order valence-electron chi connectivity index (χ2n) is 5.13. The van der Waals surface area contributed by atoms with Gasteiger partial charge < -0.3 is 9.64 Å². The van der Waals surface area contributed by atoms with Gasteiger partial charge in [0.25, 0.3) is 0 Å². The second kappa shape index (κ2) is 6.19. The molecule has 116 valence electrons. The third-order valence-corrected chi connectivity index (χ3v) is 3.57. The number of rotatable bonds is 3. The molecule has 0 unspecified atom stereocenters. The van der Waals surface area contributed by atoms with Crippen LogP contribution in [0.15, 0.2) is 41.8 Å². The average Bonchev–Trinajstić information content (AvgIpc) is 2.44. The number of amides is 1. The van der Waals surface area contributed by atoms with E-state index in [-0.39, 0.29) is 0 Å². The molecule has 5 nitrogen and oxygen atoms in total. The van der Waals surface area contributed by atoms with Crippen LogP contribution in [0.2, 0.25) is 0 Å². The SMILES string of the molecule is CN(C)C(=O)Oc1cc2ccccc2cc1/C=C/S(C)(=O)=O. The minimum absolute atomic E-state index is 0.317. The number of hydrogen-bond acceptors (Lipinski definition) is 4. The molecule has 0 heterocycles. The van der Waals surface area contributed by atoms with E-state index in [1.54, 1.807) is 26.2 Å². The molecule has 0 radical (unpaired) electrons. The van der Waals surface area contributed by atoms with Gasteiger partial charge in [-0.2, -0.15) is 0 Å². The van der Waals surface area contributed by atoms with Crippen molar-refractivity contribution in [2.24, 2.45) is 0 Å². The summed E-state index contributed by atoms with van der Waals surface area (Å²) in [6, 6.07) is 11.1. The van der Waals surface area contributed by atoms with E-state index in [1.165, 1.54) is 11.0 Å². The molecular weight excluding hydrogens is 302 g/mol. The van der Waals surface area contributed by atoms with Gasteiger partial charge in [0.15, 0.2) is 9.84 Å². The summed E-state index contributed by atoms with van der Waals surface area (Å²) in [5.74, 6) is 0.317. The molecule has 0 saturated carbocycles. The minimum Gasteiger partial charge on any atom is -0.410 e. The first-order chi connectivity index (χ1) is 10.3. The zero-order chi connectivity index (χ0) is 16.3. The van der Waals surface area contributed by atoms with Crippen molar-refractivity contribution in [2.75, 3.05) is 20.4 Å². The first-order valence-electron chi connectivity index (χ1n) is 6.56. The molecule has 0 bridgehead atoms. The molecule has 6 heteroatoms. The summed E-state index contributed by atoms with van der Waals surface area (Å²) in [7, 11) is -0.111. The van der Waals surface area contributed by atoms with Crippen molar-refractivity contribution in [3.05, 3.63) is 47.4 Å². The average molecular weight is 319 g/mol. The van der Waals surface area contributed by atoms with Crippen molar-refractivity contribution in [1.82, 2.24) is 4.90 Å². The molecule has 0 atom stereocenters. The maximum absolute atomic E-state index is 11.8. The number of fused-ring (bicyclic) bond motifs is 1. The molecule has 0 fully saturated rings. The van der Waals surface area contributed by atoms with Gasteiger partial charge in [-0.15, -0.1) is 0 Å². The highest BCUT2D eigenvalue weighted by atomic mass is 32.2. The minimum atomic E-state index is -3.27. The van der Waals surface area contributed by atoms with Crippen molar-refractivity contribution in [3.8, 4) is 5.75 Å². The number of hydrogen-bond donors (Lipinski definition) is 0. The van der Waals surface area contributed by atoms with Crippen molar-refractivity contribution in [1.29, 1.82) is 0 Å². The largest absolute Gasteiger partial charge is 0.414 e. The fourth-order valence-corrected chi connectivity index (χ4v) is 2.23. The van der Waals surface area contributed by atoms with Crippen LogP contribution < -0.4 is 4.74 Å². The van der Waals surface area contributed by atoms with Gasteiger partial charge in [0.05, 0.1) is 0 Å². The molecule has 0 spiro atoms. The molecule has 0 saturated heterocycles. The Balaban J connectivity index is 2.54. The topological polar surface area (TPSA) is 63.7 Å². The first-order valence-corrected chi connectivity index (χ1v) is 8.52. The van der Waals surface area contributed by atoms with E-state index >= 15 is 0 Å². The molecule has 0 aliphatic heterocycles. The highest BCUT2D eigenvalue weighted by Gasteiger charge is 2.11. The van der Waals surface area contributed by atoms with E-state index in [0.717, 1.165) is 22.4 Å². The van der Waals surface area contributed by atoms with Crippen LogP contribution in [0.3, 0.4) is 0 Å². The highest BCUT2D eigenvalue weighted by Crippen LogP contribution is 2.28. The maximum atomic E-state index is 11.8. The fraction of sp³-hybridized carbons (Fsp3) is 0.188. The summed E-state index contributed by atoms with van der Waals surface area (Å²) in [5, 5.41) is 2.92. The van der Waals surface area contributed by atoms with E-state index in [0.29, 0.717) is 11.3 Å². The van der Waals surface area contributed by atoms with E-state index in [4.69, 9.17) is 4.74 Å². The van der Waals surface area contributed by atoms with Crippen LogP contribution in [0.4, 0.5) is 4.79 Å². The summed E-state index contributed by atoms with van der Waals surface area (Å²) in [5.41, 5.74) is 0.527. The molecule has 2 rings (SSSR count). The van der Waals surface area contributed by atoms with E-state index in [1.807, 2.05) is 24.3 Å². The number of ether oxygens (including phenoxy) is 1. The molecule has 2 aromatic carbocycles. The predicted octanol–water partition coefficient (Wildman–Crippen LogP) is 2.92. The zero-order valence-corrected chi connectivity index (χ0v) is 13.4. The Bertz CT molecular complexity index is 838. The lowest BCUT2D eigenvalue weighted by atomic mass is 10.1. The molecule has 0 aliphatic rings. The smallest absolute Gasteiger partial charge is 0.410 e. The lowest BCUT2D eigenvalue weighted by molar-refractivity contribution is 0.172. The highest BCUT2D eigenvalue weighted by molar-refractivity contribution is 7.93. The van der Waals surface area contributed by atoms with E-state index in [9.17, 15) is 13.2 Å². The first kappa shape index (κ1) is 16.0. The van der Waals surface area contributed by atoms with E-state index in [2.05, 4.69) is 0 Å². The van der Waals surface area contributed by atoms with Gasteiger partial charge in [0.1, 0.15) is 5.75 Å². The van der Waals surface area contributed by atoms with Crippen LogP contribution in [0.25, 0.3) is 16.8 Å². The van der Waals surface area contributed by atoms with Gasteiger partial charge in [-0.1, -0.05) is 24.3 Å². The summed E-state index contributed by atoms with van der Waals surface area (Å²) < 4.78 is 27.9. The lowest BCUT2D eigenvalue weighted by Gasteiger charge is -2.13.